The molecule has 2 heterocycles. The van der Waals surface area contributed by atoms with Crippen molar-refractivity contribution >= 4 is 27.3 Å². The van der Waals surface area contributed by atoms with E-state index in [0.29, 0.717) is 24.4 Å². The number of benzene rings is 2. The van der Waals surface area contributed by atoms with E-state index >= 15 is 0 Å². The number of ether oxygens (including phenoxy) is 2. The van der Waals surface area contributed by atoms with Crippen molar-refractivity contribution in [2.45, 2.75) is 38.3 Å². The van der Waals surface area contributed by atoms with Crippen LogP contribution in [-0.4, -0.2) is 43.1 Å². The fourth-order valence-corrected chi connectivity index (χ4v) is 5.87. The minimum absolute atomic E-state index is 0.0311. The molecule has 1 aliphatic rings. The molecule has 1 aromatic heterocycles. The van der Waals surface area contributed by atoms with Crippen molar-refractivity contribution in [3.63, 3.8) is 0 Å². The van der Waals surface area contributed by atoms with Crippen LogP contribution >= 0.6 is 11.6 Å². The predicted molar refractivity (Wildman–Crippen MR) is 130 cm³/mol. The molecule has 1 atom stereocenters. The molecule has 0 radical (unpaired) electrons. The Kier molecular flexibility index (Phi) is 7.53. The van der Waals surface area contributed by atoms with Crippen LogP contribution in [0.1, 0.15) is 25.0 Å². The molecule has 35 heavy (non-hydrogen) atoms. The molecule has 0 saturated heterocycles. The summed E-state index contributed by atoms with van der Waals surface area (Å²) in [4.78, 5) is -0.0461. The molecule has 0 saturated carbocycles. The number of aromatic nitrogens is 2. The molecule has 1 unspecified atom stereocenters. The number of nitrogens with zero attached hydrogens (tertiary/aromatic N) is 3. The third kappa shape index (κ3) is 5.10. The Balaban J connectivity index is 1.71. The third-order valence-corrected chi connectivity index (χ3v) is 7.95. The molecule has 0 aliphatic carbocycles. The number of aliphatic hydroxyl groups excluding tert-OH is 1. The Labute approximate surface area is 208 Å². The highest BCUT2D eigenvalue weighted by atomic mass is 35.5. The summed E-state index contributed by atoms with van der Waals surface area (Å²) in [6, 6.07) is 9.45. The van der Waals surface area contributed by atoms with Crippen LogP contribution in [0.5, 0.6) is 11.6 Å². The van der Waals surface area contributed by atoms with E-state index in [4.69, 9.17) is 21.1 Å². The van der Waals surface area contributed by atoms with Crippen molar-refractivity contribution in [2.75, 3.05) is 24.1 Å². The zero-order valence-electron chi connectivity index (χ0n) is 19.4. The molecule has 0 amide bonds. The number of hydrogen-bond donors (Lipinski definition) is 1. The van der Waals surface area contributed by atoms with Crippen molar-refractivity contribution in [2.24, 2.45) is 5.92 Å². The van der Waals surface area contributed by atoms with Crippen LogP contribution in [-0.2, 0) is 29.6 Å². The average molecular weight is 524 g/mol. The number of rotatable bonds is 9. The van der Waals surface area contributed by atoms with Gasteiger partial charge in [0.25, 0.3) is 15.9 Å². The number of fused-ring (bicyclic) bond motifs is 1. The quantitative estimate of drug-likeness (QED) is 0.455. The summed E-state index contributed by atoms with van der Waals surface area (Å²) < 4.78 is 55.9. The largest absolute Gasteiger partial charge is 0.489 e. The Morgan fingerprint density at radius 1 is 1.23 bits per heavy atom. The van der Waals surface area contributed by atoms with E-state index < -0.39 is 15.8 Å². The first-order valence-electron chi connectivity index (χ1n) is 11.3. The number of aliphatic hydroxyl groups is 1. The van der Waals surface area contributed by atoms with E-state index in [1.165, 1.54) is 27.3 Å². The second-order valence-electron chi connectivity index (χ2n) is 8.16. The van der Waals surface area contributed by atoms with E-state index in [2.05, 4.69) is 5.10 Å². The maximum Gasteiger partial charge on any atom is 0.271 e. The Morgan fingerprint density at radius 2 is 2.03 bits per heavy atom. The van der Waals surface area contributed by atoms with Gasteiger partial charge in [-0.1, -0.05) is 23.7 Å². The van der Waals surface area contributed by atoms with Crippen LogP contribution in [0.4, 0.5) is 10.1 Å². The van der Waals surface area contributed by atoms with Crippen LogP contribution in [0.2, 0.25) is 5.02 Å². The first-order chi connectivity index (χ1) is 16.8. The number of hydrogen-bond acceptors (Lipinski definition) is 6. The van der Waals surface area contributed by atoms with E-state index in [-0.39, 0.29) is 53.6 Å². The molecular weight excluding hydrogens is 497 g/mol. The molecule has 0 spiro atoms. The summed E-state index contributed by atoms with van der Waals surface area (Å²) in [6.45, 7) is 4.14. The van der Waals surface area contributed by atoms with Gasteiger partial charge in [0.05, 0.1) is 17.3 Å². The Hall–Kier alpha value is -2.82. The second kappa shape index (κ2) is 10.4. The summed E-state index contributed by atoms with van der Waals surface area (Å²) in [5, 5.41) is 14.3. The summed E-state index contributed by atoms with van der Waals surface area (Å²) in [7, 11) is -4.08. The van der Waals surface area contributed by atoms with Crippen LogP contribution in [0.25, 0.3) is 0 Å². The first kappa shape index (κ1) is 25.3. The lowest BCUT2D eigenvalue weighted by Crippen LogP contribution is -2.41. The molecule has 0 bridgehead atoms. The minimum Gasteiger partial charge on any atom is -0.489 e. The standard InChI is InChI=1S/C24H27ClFN3O5S/c1-3-28-13-23(24(27-28)33-4-2)35(31,32)29-12-16(14-30)10-17-8-9-18(11-22(17)29)34-15-19-20(25)6-5-7-21(19)26/h5-9,11,13,16,30H,3-4,10,12,14-15H2,1-2H3. The van der Waals surface area contributed by atoms with Gasteiger partial charge in [-0.25, -0.2) is 12.8 Å². The summed E-state index contributed by atoms with van der Waals surface area (Å²) in [5.41, 5.74) is 1.39. The van der Waals surface area contributed by atoms with Crippen molar-refractivity contribution in [3.8, 4) is 11.6 Å². The fraction of sp³-hybridized carbons (Fsp3) is 0.375. The Morgan fingerprint density at radius 3 is 2.71 bits per heavy atom. The van der Waals surface area contributed by atoms with Crippen molar-refractivity contribution < 1.29 is 27.4 Å². The van der Waals surface area contributed by atoms with Gasteiger partial charge < -0.3 is 14.6 Å². The van der Waals surface area contributed by atoms with Crippen LogP contribution in [0, 0.1) is 11.7 Å². The molecule has 0 fully saturated rings. The van der Waals surface area contributed by atoms with E-state index in [1.807, 2.05) is 6.92 Å². The van der Waals surface area contributed by atoms with Gasteiger partial charge in [-0.15, -0.1) is 5.10 Å². The molecule has 4 rings (SSSR count). The molecule has 188 valence electrons. The number of halogens is 2. The third-order valence-electron chi connectivity index (χ3n) is 5.83. The Bertz CT molecular complexity index is 1290. The smallest absolute Gasteiger partial charge is 0.271 e. The van der Waals surface area contributed by atoms with Crippen molar-refractivity contribution in [1.82, 2.24) is 9.78 Å². The maximum atomic E-state index is 14.2. The van der Waals surface area contributed by atoms with Gasteiger partial charge in [-0.05, 0) is 44.0 Å². The highest BCUT2D eigenvalue weighted by molar-refractivity contribution is 7.93. The minimum atomic E-state index is -4.08. The maximum absolute atomic E-state index is 14.2. The zero-order valence-corrected chi connectivity index (χ0v) is 21.0. The number of sulfonamides is 1. The van der Waals surface area contributed by atoms with Gasteiger partial charge >= 0.3 is 0 Å². The van der Waals surface area contributed by atoms with Gasteiger partial charge in [0.15, 0.2) is 4.90 Å². The van der Waals surface area contributed by atoms with Gasteiger partial charge in [0, 0.05) is 43.4 Å². The summed E-state index contributed by atoms with van der Waals surface area (Å²) in [5.74, 6) is -0.372. The first-order valence-corrected chi connectivity index (χ1v) is 13.1. The number of aryl methyl sites for hydroxylation is 1. The molecule has 3 aromatic rings. The fourth-order valence-electron chi connectivity index (χ4n) is 4.00. The van der Waals surface area contributed by atoms with Crippen LogP contribution < -0.4 is 13.8 Å². The normalized spacial score (nSPS) is 15.7. The molecule has 11 heteroatoms. The average Bonchev–Trinajstić information content (AvgIpc) is 3.27. The van der Waals surface area contributed by atoms with Crippen molar-refractivity contribution in [1.29, 1.82) is 0 Å². The molecule has 1 N–H and O–H groups in total. The van der Waals surface area contributed by atoms with E-state index in [9.17, 15) is 17.9 Å². The van der Waals surface area contributed by atoms with Gasteiger partial charge in [0.1, 0.15) is 18.2 Å². The highest BCUT2D eigenvalue weighted by Gasteiger charge is 2.36. The molecule has 2 aromatic carbocycles. The monoisotopic (exact) mass is 523 g/mol. The molecular formula is C24H27ClFN3O5S. The number of anilines is 1. The molecule has 8 nitrogen and oxygen atoms in total. The predicted octanol–water partition coefficient (Wildman–Crippen LogP) is 4.03. The lowest BCUT2D eigenvalue weighted by molar-refractivity contribution is 0.227. The van der Waals surface area contributed by atoms with Gasteiger partial charge in [-0.2, -0.15) is 0 Å². The topological polar surface area (TPSA) is 93.9 Å². The van der Waals surface area contributed by atoms with E-state index in [0.717, 1.165) is 5.56 Å². The van der Waals surface area contributed by atoms with Crippen molar-refractivity contribution in [3.05, 3.63) is 64.6 Å². The van der Waals surface area contributed by atoms with Gasteiger partial charge in [0.2, 0.25) is 0 Å². The lowest BCUT2D eigenvalue weighted by atomic mass is 9.94. The summed E-state index contributed by atoms with van der Waals surface area (Å²) in [6.07, 6.45) is 1.95. The second-order valence-corrected chi connectivity index (χ2v) is 10.4. The van der Waals surface area contributed by atoms with Gasteiger partial charge in [-0.3, -0.25) is 8.99 Å². The SMILES string of the molecule is CCOc1nn(CC)cc1S(=O)(=O)N1CC(CO)Cc2ccc(OCc3c(F)cccc3Cl)cc21. The van der Waals surface area contributed by atoms with E-state index in [1.54, 1.807) is 31.2 Å². The summed E-state index contributed by atoms with van der Waals surface area (Å²) >= 11 is 6.10. The highest BCUT2D eigenvalue weighted by Crippen LogP contribution is 2.38. The zero-order chi connectivity index (χ0) is 25.2. The van der Waals surface area contributed by atoms with Crippen LogP contribution in [0.15, 0.2) is 47.5 Å². The lowest BCUT2D eigenvalue weighted by Gasteiger charge is -2.34. The molecule has 1 aliphatic heterocycles. The van der Waals surface area contributed by atoms with Crippen LogP contribution in [0.3, 0.4) is 0 Å².